The highest BCUT2D eigenvalue weighted by molar-refractivity contribution is 6.44. The van der Waals surface area contributed by atoms with Crippen LogP contribution in [-0.2, 0) is 17.8 Å². The molecule has 1 heterocycles. The number of hydrogen-bond acceptors (Lipinski definition) is 3. The van der Waals surface area contributed by atoms with Crippen LogP contribution in [0.1, 0.15) is 28.4 Å². The summed E-state index contributed by atoms with van der Waals surface area (Å²) in [7, 11) is 1.59. The Bertz CT molecular complexity index is 928. The molecule has 3 aromatic rings. The number of carbonyl (C=O) groups excluding carboxylic acids is 2. The van der Waals surface area contributed by atoms with Gasteiger partial charge in [-0.05, 0) is 29.7 Å². The van der Waals surface area contributed by atoms with Gasteiger partial charge in [0.2, 0.25) is 0 Å². The quantitative estimate of drug-likeness (QED) is 0.536. The molecule has 0 aliphatic carbocycles. The molecule has 0 aliphatic rings. The molecule has 1 amide bonds. The van der Waals surface area contributed by atoms with Gasteiger partial charge >= 0.3 is 0 Å². The van der Waals surface area contributed by atoms with Crippen LogP contribution >= 0.6 is 0 Å². The van der Waals surface area contributed by atoms with E-state index < -0.39 is 11.7 Å². The number of fused-ring (bicyclic) bond motifs is 1. The van der Waals surface area contributed by atoms with E-state index in [1.165, 1.54) is 0 Å². The minimum absolute atomic E-state index is 0.268. The van der Waals surface area contributed by atoms with Gasteiger partial charge in [0.1, 0.15) is 5.75 Å². The maximum atomic E-state index is 12.5. The molecule has 0 radical (unpaired) electrons. The number of para-hydroxylation sites is 1. The second-order valence-corrected chi connectivity index (χ2v) is 5.76. The monoisotopic (exact) mass is 336 g/mol. The van der Waals surface area contributed by atoms with Crippen LogP contribution in [0.25, 0.3) is 10.9 Å². The fourth-order valence-corrected chi connectivity index (χ4v) is 2.87. The van der Waals surface area contributed by atoms with E-state index in [1.807, 2.05) is 42.5 Å². The third kappa shape index (κ3) is 3.40. The van der Waals surface area contributed by atoms with E-state index in [4.69, 9.17) is 4.74 Å². The number of ketones is 1. The van der Waals surface area contributed by atoms with Crippen molar-refractivity contribution >= 4 is 22.6 Å². The van der Waals surface area contributed by atoms with Gasteiger partial charge in [-0.3, -0.25) is 9.59 Å². The van der Waals surface area contributed by atoms with E-state index in [0.29, 0.717) is 11.3 Å². The van der Waals surface area contributed by atoms with E-state index in [-0.39, 0.29) is 6.54 Å². The normalized spacial score (nSPS) is 10.6. The summed E-state index contributed by atoms with van der Waals surface area (Å²) in [5.74, 6) is -0.449. The number of rotatable bonds is 6. The Morgan fingerprint density at radius 1 is 1.16 bits per heavy atom. The van der Waals surface area contributed by atoms with E-state index in [9.17, 15) is 9.59 Å². The zero-order valence-corrected chi connectivity index (χ0v) is 14.3. The summed E-state index contributed by atoms with van der Waals surface area (Å²) in [6, 6.07) is 13.1. The highest BCUT2D eigenvalue weighted by Gasteiger charge is 2.20. The number of ether oxygens (including phenoxy) is 1. The molecular weight excluding hydrogens is 316 g/mol. The first-order valence-electron chi connectivity index (χ1n) is 8.18. The van der Waals surface area contributed by atoms with Gasteiger partial charge in [-0.15, -0.1) is 0 Å². The minimum Gasteiger partial charge on any atom is -0.497 e. The zero-order valence-electron chi connectivity index (χ0n) is 14.3. The fourth-order valence-electron chi connectivity index (χ4n) is 2.87. The van der Waals surface area contributed by atoms with Gasteiger partial charge in [-0.25, -0.2) is 0 Å². The van der Waals surface area contributed by atoms with Gasteiger partial charge in [0.05, 0.1) is 12.7 Å². The molecule has 0 saturated heterocycles. The van der Waals surface area contributed by atoms with Gasteiger partial charge < -0.3 is 15.0 Å². The molecule has 2 N–H and O–H groups in total. The SMILES string of the molecule is CCc1cccc2c(C(=O)C(=O)NCc3cccc(OC)c3)c[nH]c12. The molecule has 0 bridgehead atoms. The van der Waals surface area contributed by atoms with E-state index in [2.05, 4.69) is 17.2 Å². The molecule has 1 aromatic heterocycles. The summed E-state index contributed by atoms with van der Waals surface area (Å²) in [4.78, 5) is 27.9. The number of methoxy groups -OCH3 is 1. The smallest absolute Gasteiger partial charge is 0.292 e. The third-order valence-electron chi connectivity index (χ3n) is 4.22. The molecule has 0 spiro atoms. The minimum atomic E-state index is -0.620. The number of carbonyl (C=O) groups is 2. The lowest BCUT2D eigenvalue weighted by Crippen LogP contribution is -2.30. The van der Waals surface area contributed by atoms with E-state index >= 15 is 0 Å². The highest BCUT2D eigenvalue weighted by atomic mass is 16.5. The first-order valence-corrected chi connectivity index (χ1v) is 8.18. The van der Waals surface area contributed by atoms with Crippen LogP contribution in [0.4, 0.5) is 0 Å². The topological polar surface area (TPSA) is 71.2 Å². The van der Waals surface area contributed by atoms with Crippen molar-refractivity contribution < 1.29 is 14.3 Å². The van der Waals surface area contributed by atoms with Crippen LogP contribution in [0, 0.1) is 0 Å². The fraction of sp³-hybridized carbons (Fsp3) is 0.200. The number of benzene rings is 2. The van der Waals surface area contributed by atoms with Gasteiger partial charge in [-0.2, -0.15) is 0 Å². The average Bonchev–Trinajstić information content (AvgIpc) is 3.09. The van der Waals surface area contributed by atoms with Gasteiger partial charge in [-0.1, -0.05) is 37.3 Å². The summed E-state index contributed by atoms with van der Waals surface area (Å²) in [6.07, 6.45) is 2.46. The van der Waals surface area contributed by atoms with Crippen molar-refractivity contribution in [3.63, 3.8) is 0 Å². The van der Waals surface area contributed by atoms with Gasteiger partial charge in [0.25, 0.3) is 11.7 Å². The van der Waals surface area contributed by atoms with Crippen LogP contribution in [0.2, 0.25) is 0 Å². The molecule has 0 saturated carbocycles. The van der Waals surface area contributed by atoms with E-state index in [1.54, 1.807) is 13.3 Å². The number of aryl methyl sites for hydroxylation is 1. The summed E-state index contributed by atoms with van der Waals surface area (Å²) in [5.41, 5.74) is 3.29. The standard InChI is InChI=1S/C20H20N2O3/c1-3-14-7-5-9-16-17(12-21-18(14)16)19(23)20(24)22-11-13-6-4-8-15(10-13)25-2/h4-10,12,21H,3,11H2,1-2H3,(H,22,24). The number of amides is 1. The predicted octanol–water partition coefficient (Wildman–Crippen LogP) is 3.24. The lowest BCUT2D eigenvalue weighted by molar-refractivity contribution is -0.117. The molecule has 5 heteroatoms. The number of Topliss-reactive ketones (excluding diaryl/α,β-unsaturated/α-hetero) is 1. The Kier molecular flexibility index (Phi) is 4.84. The summed E-state index contributed by atoms with van der Waals surface area (Å²) >= 11 is 0. The largest absolute Gasteiger partial charge is 0.497 e. The number of hydrogen-bond donors (Lipinski definition) is 2. The Hall–Kier alpha value is -3.08. The molecule has 25 heavy (non-hydrogen) atoms. The van der Waals surface area contributed by atoms with Crippen molar-refractivity contribution in [1.29, 1.82) is 0 Å². The number of aromatic amines is 1. The second-order valence-electron chi connectivity index (χ2n) is 5.76. The third-order valence-corrected chi connectivity index (χ3v) is 4.22. The number of aromatic nitrogens is 1. The Morgan fingerprint density at radius 3 is 2.72 bits per heavy atom. The van der Waals surface area contributed by atoms with Crippen molar-refractivity contribution in [2.75, 3.05) is 7.11 Å². The van der Waals surface area contributed by atoms with Crippen molar-refractivity contribution in [1.82, 2.24) is 10.3 Å². The molecule has 128 valence electrons. The van der Waals surface area contributed by atoms with Crippen molar-refractivity contribution in [3.8, 4) is 5.75 Å². The van der Waals surface area contributed by atoms with E-state index in [0.717, 1.165) is 28.5 Å². The predicted molar refractivity (Wildman–Crippen MR) is 96.8 cm³/mol. The van der Waals surface area contributed by atoms with Crippen molar-refractivity contribution in [3.05, 3.63) is 65.4 Å². The van der Waals surface area contributed by atoms with Gasteiger partial charge in [0, 0.05) is 23.6 Å². The first kappa shape index (κ1) is 16.8. The Morgan fingerprint density at radius 2 is 1.96 bits per heavy atom. The molecule has 0 unspecified atom stereocenters. The van der Waals surface area contributed by atoms with Crippen LogP contribution in [0.15, 0.2) is 48.7 Å². The molecule has 0 atom stereocenters. The Labute approximate surface area is 146 Å². The first-order chi connectivity index (χ1) is 12.1. The van der Waals surface area contributed by atoms with Gasteiger partial charge in [0.15, 0.2) is 0 Å². The maximum Gasteiger partial charge on any atom is 0.292 e. The molecule has 0 aliphatic heterocycles. The van der Waals surface area contributed by atoms with Crippen LogP contribution in [0.3, 0.4) is 0 Å². The maximum absolute atomic E-state index is 12.5. The van der Waals surface area contributed by atoms with Crippen molar-refractivity contribution in [2.24, 2.45) is 0 Å². The highest BCUT2D eigenvalue weighted by Crippen LogP contribution is 2.22. The summed E-state index contributed by atoms with van der Waals surface area (Å²) in [6.45, 7) is 2.32. The second kappa shape index (κ2) is 7.21. The summed E-state index contributed by atoms with van der Waals surface area (Å²) < 4.78 is 5.15. The average molecular weight is 336 g/mol. The van der Waals surface area contributed by atoms with Crippen LogP contribution in [-0.4, -0.2) is 23.8 Å². The van der Waals surface area contributed by atoms with Crippen molar-refractivity contribution in [2.45, 2.75) is 19.9 Å². The molecule has 0 fully saturated rings. The number of nitrogens with one attached hydrogen (secondary N) is 2. The molecule has 3 rings (SSSR count). The summed E-state index contributed by atoms with van der Waals surface area (Å²) in [5, 5.41) is 3.45. The lowest BCUT2D eigenvalue weighted by atomic mass is 10.0. The Balaban J connectivity index is 1.75. The molecule has 2 aromatic carbocycles. The lowest BCUT2D eigenvalue weighted by Gasteiger charge is -2.06. The molecular formula is C20H20N2O3. The molecule has 5 nitrogen and oxygen atoms in total. The van der Waals surface area contributed by atoms with Crippen LogP contribution in [0.5, 0.6) is 5.75 Å². The number of H-pyrrole nitrogens is 1. The zero-order chi connectivity index (χ0) is 17.8. The van der Waals surface area contributed by atoms with Crippen LogP contribution < -0.4 is 10.1 Å².